The minimum atomic E-state index is -0.160. The number of nitrogens with zero attached hydrogens (tertiary/aromatic N) is 1. The van der Waals surface area contributed by atoms with E-state index in [1.807, 2.05) is 18.2 Å². The Balaban J connectivity index is 1.81. The average molecular weight is 293 g/mol. The van der Waals surface area contributed by atoms with Crippen molar-refractivity contribution in [1.82, 2.24) is 5.32 Å². The third kappa shape index (κ3) is 3.07. The van der Waals surface area contributed by atoms with Crippen molar-refractivity contribution in [3.05, 3.63) is 34.3 Å². The summed E-state index contributed by atoms with van der Waals surface area (Å²) in [6, 6.07) is 10.4. The quantitative estimate of drug-likeness (QED) is 0.931. The summed E-state index contributed by atoms with van der Waals surface area (Å²) in [5, 5.41) is 11.2. The van der Waals surface area contributed by atoms with Crippen molar-refractivity contribution in [2.45, 2.75) is 31.2 Å². The van der Waals surface area contributed by atoms with Gasteiger partial charge in [0, 0.05) is 10.5 Å². The van der Waals surface area contributed by atoms with Crippen LogP contribution >= 0.6 is 15.9 Å². The number of hydrogen-bond donors (Lipinski definition) is 1. The van der Waals surface area contributed by atoms with Gasteiger partial charge in [-0.1, -0.05) is 28.1 Å². The molecule has 17 heavy (non-hydrogen) atoms. The minimum Gasteiger partial charge on any atom is -0.352 e. The van der Waals surface area contributed by atoms with Gasteiger partial charge in [-0.25, -0.2) is 0 Å². The highest BCUT2D eigenvalue weighted by molar-refractivity contribution is 9.10. The number of rotatable bonds is 3. The van der Waals surface area contributed by atoms with Gasteiger partial charge in [-0.2, -0.15) is 5.26 Å². The fourth-order valence-electron chi connectivity index (χ4n) is 2.09. The molecule has 0 saturated heterocycles. The monoisotopic (exact) mass is 292 g/mol. The lowest BCUT2D eigenvalue weighted by Crippen LogP contribution is -2.43. The molecule has 0 unspecified atom stereocenters. The van der Waals surface area contributed by atoms with Crippen LogP contribution in [0.15, 0.2) is 28.7 Å². The van der Waals surface area contributed by atoms with E-state index in [0.717, 1.165) is 17.3 Å². The number of nitriles is 1. The molecule has 88 valence electrons. The maximum Gasteiger partial charge on any atom is 0.234 e. The van der Waals surface area contributed by atoms with Gasteiger partial charge in [0.25, 0.3) is 0 Å². The van der Waals surface area contributed by atoms with Crippen LogP contribution in [0.4, 0.5) is 0 Å². The summed E-state index contributed by atoms with van der Waals surface area (Å²) in [4.78, 5) is 11.2. The zero-order valence-electron chi connectivity index (χ0n) is 9.32. The Kier molecular flexibility index (Phi) is 3.80. The number of hydrogen-bond acceptors (Lipinski definition) is 2. The van der Waals surface area contributed by atoms with Crippen molar-refractivity contribution in [3.8, 4) is 6.07 Å². The molecule has 2 rings (SSSR count). The lowest BCUT2D eigenvalue weighted by molar-refractivity contribution is -0.121. The summed E-state index contributed by atoms with van der Waals surface area (Å²) in [5.41, 5.74) is 1.32. The number of nitrogens with one attached hydrogen (secondary N) is 1. The van der Waals surface area contributed by atoms with E-state index in [2.05, 4.69) is 33.4 Å². The Bertz CT molecular complexity index is 443. The Hall–Kier alpha value is -1.34. The number of amides is 1. The van der Waals surface area contributed by atoms with Crippen molar-refractivity contribution >= 4 is 21.8 Å². The maximum absolute atomic E-state index is 11.2. The Labute approximate surface area is 109 Å². The lowest BCUT2D eigenvalue weighted by Gasteiger charge is -2.36. The van der Waals surface area contributed by atoms with Gasteiger partial charge in [0.05, 0.1) is 6.07 Å². The molecule has 0 aromatic heterocycles. The first-order valence-electron chi connectivity index (χ1n) is 5.61. The molecular weight excluding hydrogens is 280 g/mol. The molecule has 0 aliphatic heterocycles. The van der Waals surface area contributed by atoms with Crippen LogP contribution < -0.4 is 5.32 Å². The van der Waals surface area contributed by atoms with Gasteiger partial charge in [0.1, 0.15) is 6.42 Å². The third-order valence-electron chi connectivity index (χ3n) is 3.08. The predicted octanol–water partition coefficient (Wildman–Crippen LogP) is 2.72. The van der Waals surface area contributed by atoms with Crippen LogP contribution in [-0.2, 0) is 4.79 Å². The molecule has 0 radical (unpaired) electrons. The van der Waals surface area contributed by atoms with Crippen LogP contribution in [0.5, 0.6) is 0 Å². The summed E-state index contributed by atoms with van der Waals surface area (Å²) in [5.74, 6) is 0.377. The smallest absolute Gasteiger partial charge is 0.234 e. The Morgan fingerprint density at radius 3 is 2.65 bits per heavy atom. The van der Waals surface area contributed by atoms with Gasteiger partial charge in [0.2, 0.25) is 5.91 Å². The second kappa shape index (κ2) is 5.33. The number of halogens is 1. The fourth-order valence-corrected chi connectivity index (χ4v) is 2.36. The van der Waals surface area contributed by atoms with Crippen LogP contribution in [0.2, 0.25) is 0 Å². The first kappa shape index (κ1) is 12.1. The van der Waals surface area contributed by atoms with Crippen molar-refractivity contribution in [1.29, 1.82) is 5.26 Å². The van der Waals surface area contributed by atoms with E-state index in [-0.39, 0.29) is 18.4 Å². The molecule has 1 aromatic carbocycles. The zero-order chi connectivity index (χ0) is 12.3. The van der Waals surface area contributed by atoms with Gasteiger partial charge >= 0.3 is 0 Å². The molecule has 0 heterocycles. The maximum atomic E-state index is 11.2. The summed E-state index contributed by atoms with van der Waals surface area (Å²) >= 11 is 3.41. The first-order chi connectivity index (χ1) is 8.19. The topological polar surface area (TPSA) is 52.9 Å². The molecule has 1 N–H and O–H groups in total. The van der Waals surface area contributed by atoms with Crippen LogP contribution in [0.25, 0.3) is 0 Å². The molecule has 3 nitrogen and oxygen atoms in total. The molecule has 1 amide bonds. The number of carbonyl (C=O) groups is 1. The molecule has 0 spiro atoms. The molecule has 0 atom stereocenters. The van der Waals surface area contributed by atoms with Gasteiger partial charge < -0.3 is 5.32 Å². The molecule has 1 fully saturated rings. The highest BCUT2D eigenvalue weighted by Gasteiger charge is 2.31. The Morgan fingerprint density at radius 2 is 2.06 bits per heavy atom. The molecule has 1 aliphatic rings. The fraction of sp³-hybridized carbons (Fsp3) is 0.385. The Morgan fingerprint density at radius 1 is 1.41 bits per heavy atom. The van der Waals surface area contributed by atoms with E-state index in [0.29, 0.717) is 5.92 Å². The van der Waals surface area contributed by atoms with Gasteiger partial charge in [-0.15, -0.1) is 0 Å². The van der Waals surface area contributed by atoms with Crippen LogP contribution in [0, 0.1) is 11.3 Å². The third-order valence-corrected chi connectivity index (χ3v) is 3.61. The molecule has 1 aromatic rings. The van der Waals surface area contributed by atoms with E-state index in [1.165, 1.54) is 5.56 Å². The minimum absolute atomic E-state index is 0.0422. The van der Waals surface area contributed by atoms with Gasteiger partial charge in [-0.05, 0) is 36.5 Å². The van der Waals surface area contributed by atoms with Crippen LogP contribution in [-0.4, -0.2) is 11.9 Å². The van der Waals surface area contributed by atoms with Crippen LogP contribution in [0.3, 0.4) is 0 Å². The molecular formula is C13H13BrN2O. The SMILES string of the molecule is N#CCC(=O)N[C@H]1C[C@H](c2ccc(Br)cc2)C1. The molecule has 1 aliphatic carbocycles. The number of benzene rings is 1. The first-order valence-corrected chi connectivity index (χ1v) is 6.40. The van der Waals surface area contributed by atoms with Crippen molar-refractivity contribution in [2.24, 2.45) is 0 Å². The van der Waals surface area contributed by atoms with E-state index in [4.69, 9.17) is 5.26 Å². The van der Waals surface area contributed by atoms with Gasteiger partial charge in [0.15, 0.2) is 0 Å². The van der Waals surface area contributed by atoms with Crippen LogP contribution in [0.1, 0.15) is 30.7 Å². The molecule has 0 bridgehead atoms. The zero-order valence-corrected chi connectivity index (χ0v) is 10.9. The van der Waals surface area contributed by atoms with E-state index >= 15 is 0 Å². The van der Waals surface area contributed by atoms with E-state index in [1.54, 1.807) is 0 Å². The second-order valence-corrected chi connectivity index (χ2v) is 5.23. The van der Waals surface area contributed by atoms with Crippen molar-refractivity contribution in [3.63, 3.8) is 0 Å². The average Bonchev–Trinajstić information content (AvgIpc) is 2.25. The van der Waals surface area contributed by atoms with E-state index in [9.17, 15) is 4.79 Å². The van der Waals surface area contributed by atoms with Gasteiger partial charge in [-0.3, -0.25) is 4.79 Å². The summed E-state index contributed by atoms with van der Waals surface area (Å²) in [6.45, 7) is 0. The summed E-state index contributed by atoms with van der Waals surface area (Å²) < 4.78 is 1.08. The van der Waals surface area contributed by atoms with E-state index < -0.39 is 0 Å². The summed E-state index contributed by atoms with van der Waals surface area (Å²) in [7, 11) is 0. The summed E-state index contributed by atoms with van der Waals surface area (Å²) in [6.07, 6.45) is 1.90. The number of carbonyl (C=O) groups excluding carboxylic acids is 1. The normalized spacial score (nSPS) is 22.4. The largest absolute Gasteiger partial charge is 0.352 e. The second-order valence-electron chi connectivity index (χ2n) is 4.32. The predicted molar refractivity (Wildman–Crippen MR) is 68.3 cm³/mol. The standard InChI is InChI=1S/C13H13BrN2O/c14-11-3-1-9(2-4-11)10-7-12(8-10)16-13(17)5-6-15/h1-4,10,12H,5,7-8H2,(H,16,17)/t10-,12-. The highest BCUT2D eigenvalue weighted by Crippen LogP contribution is 2.37. The molecule has 4 heteroatoms. The highest BCUT2D eigenvalue weighted by atomic mass is 79.9. The lowest BCUT2D eigenvalue weighted by atomic mass is 9.76. The molecule has 1 saturated carbocycles. The van der Waals surface area contributed by atoms with Crippen molar-refractivity contribution < 1.29 is 4.79 Å². The van der Waals surface area contributed by atoms with Crippen molar-refractivity contribution in [2.75, 3.05) is 0 Å².